The summed E-state index contributed by atoms with van der Waals surface area (Å²) in [4.78, 5) is 8.09. The molecule has 0 radical (unpaired) electrons. The molecule has 0 aliphatic heterocycles. The van der Waals surface area contributed by atoms with Crippen LogP contribution in [0.5, 0.6) is 5.75 Å². The summed E-state index contributed by atoms with van der Waals surface area (Å²) < 4.78 is 30.0. The van der Waals surface area contributed by atoms with Gasteiger partial charge < -0.3 is 15.4 Å². The Morgan fingerprint density at radius 3 is 2.42 bits per heavy atom. The Morgan fingerprint density at radius 1 is 1.26 bits per heavy atom. The van der Waals surface area contributed by atoms with Gasteiger partial charge in [0, 0.05) is 13.1 Å². The monoisotopic (exact) mass is 289 g/mol. The summed E-state index contributed by atoms with van der Waals surface area (Å²) in [6, 6.07) is 0. The number of rotatable bonds is 8. The molecular weight excluding hydrogens is 270 g/mol. The van der Waals surface area contributed by atoms with E-state index in [9.17, 15) is 8.42 Å². The van der Waals surface area contributed by atoms with Crippen LogP contribution in [-0.2, 0) is 10.0 Å². The fraction of sp³-hybridized carbons (Fsp3) is 0.600. The van der Waals surface area contributed by atoms with E-state index in [0.717, 1.165) is 0 Å². The average Bonchev–Trinajstić information content (AvgIpc) is 2.39. The lowest BCUT2D eigenvalue weighted by molar-refractivity contribution is 0.414. The van der Waals surface area contributed by atoms with Crippen molar-refractivity contribution in [2.75, 3.05) is 43.6 Å². The van der Waals surface area contributed by atoms with Crippen molar-refractivity contribution in [3.05, 3.63) is 6.33 Å². The molecule has 0 atom stereocenters. The fourth-order valence-corrected chi connectivity index (χ4v) is 1.97. The first-order chi connectivity index (χ1) is 9.04. The van der Waals surface area contributed by atoms with E-state index < -0.39 is 10.0 Å². The van der Waals surface area contributed by atoms with Crippen molar-refractivity contribution in [3.63, 3.8) is 0 Å². The number of anilines is 2. The van der Waals surface area contributed by atoms with Gasteiger partial charge in [0.15, 0.2) is 11.6 Å². The van der Waals surface area contributed by atoms with Crippen LogP contribution in [0.1, 0.15) is 6.92 Å². The highest BCUT2D eigenvalue weighted by atomic mass is 32.2. The molecule has 108 valence electrons. The van der Waals surface area contributed by atoms with E-state index in [1.807, 2.05) is 6.92 Å². The van der Waals surface area contributed by atoms with Crippen LogP contribution in [0.25, 0.3) is 0 Å². The number of nitrogens with zero attached hydrogens (tertiary/aromatic N) is 2. The smallest absolute Gasteiger partial charge is 0.213 e. The van der Waals surface area contributed by atoms with Gasteiger partial charge in [0.05, 0.1) is 12.9 Å². The minimum Gasteiger partial charge on any atom is -0.490 e. The van der Waals surface area contributed by atoms with Crippen LogP contribution in [-0.4, -0.2) is 51.4 Å². The maximum Gasteiger partial charge on any atom is 0.213 e. The molecule has 0 saturated heterocycles. The van der Waals surface area contributed by atoms with Gasteiger partial charge in [0.2, 0.25) is 15.8 Å². The Hall–Kier alpha value is -1.61. The molecule has 9 heteroatoms. The standard InChI is InChI=1S/C10H19N5O3S/c1-4-12-9-8(18-3)10(15-7-14-9)13-5-6-19(16,17)11-2/h7,11H,4-6H2,1-3H3,(H2,12,13,14,15). The average molecular weight is 289 g/mol. The maximum atomic E-state index is 11.3. The summed E-state index contributed by atoms with van der Waals surface area (Å²) in [5.74, 6) is 1.44. The van der Waals surface area contributed by atoms with E-state index >= 15 is 0 Å². The van der Waals surface area contributed by atoms with Gasteiger partial charge in [-0.1, -0.05) is 0 Å². The van der Waals surface area contributed by atoms with Crippen LogP contribution in [0.15, 0.2) is 6.33 Å². The first kappa shape index (κ1) is 15.4. The number of nitrogens with one attached hydrogen (secondary N) is 3. The maximum absolute atomic E-state index is 11.3. The molecule has 0 saturated carbocycles. The Labute approximate surface area is 113 Å². The minimum absolute atomic E-state index is 0.0484. The number of hydrogen-bond acceptors (Lipinski definition) is 7. The fourth-order valence-electron chi connectivity index (χ4n) is 1.39. The van der Waals surface area contributed by atoms with E-state index in [0.29, 0.717) is 23.9 Å². The van der Waals surface area contributed by atoms with E-state index in [2.05, 4.69) is 25.3 Å². The molecule has 19 heavy (non-hydrogen) atoms. The molecule has 1 rings (SSSR count). The molecule has 1 aromatic rings. The number of methoxy groups -OCH3 is 1. The SMILES string of the molecule is CCNc1ncnc(NCCS(=O)(=O)NC)c1OC. The summed E-state index contributed by atoms with van der Waals surface area (Å²) >= 11 is 0. The molecule has 1 heterocycles. The number of sulfonamides is 1. The summed E-state index contributed by atoms with van der Waals surface area (Å²) in [6.45, 7) is 2.86. The highest BCUT2D eigenvalue weighted by Crippen LogP contribution is 2.28. The quantitative estimate of drug-likeness (QED) is 0.612. The molecule has 0 unspecified atom stereocenters. The second-order valence-corrected chi connectivity index (χ2v) is 5.63. The lowest BCUT2D eigenvalue weighted by atomic mass is 10.4. The van der Waals surface area contributed by atoms with E-state index in [1.54, 1.807) is 0 Å². The van der Waals surface area contributed by atoms with Crippen molar-refractivity contribution < 1.29 is 13.2 Å². The van der Waals surface area contributed by atoms with E-state index in [4.69, 9.17) is 4.74 Å². The van der Waals surface area contributed by atoms with Crippen molar-refractivity contribution in [1.82, 2.24) is 14.7 Å². The van der Waals surface area contributed by atoms with Gasteiger partial charge >= 0.3 is 0 Å². The Morgan fingerprint density at radius 2 is 1.89 bits per heavy atom. The highest BCUT2D eigenvalue weighted by molar-refractivity contribution is 7.89. The van der Waals surface area contributed by atoms with Gasteiger partial charge in [-0.3, -0.25) is 0 Å². The molecule has 1 aromatic heterocycles. The zero-order chi connectivity index (χ0) is 14.3. The summed E-state index contributed by atoms with van der Waals surface area (Å²) in [6.07, 6.45) is 1.38. The Bertz CT molecular complexity index is 506. The van der Waals surface area contributed by atoms with Gasteiger partial charge in [0.25, 0.3) is 0 Å². The third kappa shape index (κ3) is 4.52. The normalized spacial score (nSPS) is 11.1. The van der Waals surface area contributed by atoms with Crippen molar-refractivity contribution >= 4 is 21.7 Å². The molecule has 0 aliphatic rings. The van der Waals surface area contributed by atoms with Crippen molar-refractivity contribution in [3.8, 4) is 5.75 Å². The van der Waals surface area contributed by atoms with E-state index in [-0.39, 0.29) is 12.3 Å². The zero-order valence-electron chi connectivity index (χ0n) is 11.2. The van der Waals surface area contributed by atoms with E-state index in [1.165, 1.54) is 20.5 Å². The Kier molecular flexibility index (Phi) is 5.77. The first-order valence-electron chi connectivity index (χ1n) is 5.82. The molecule has 0 bridgehead atoms. The van der Waals surface area contributed by atoms with Gasteiger partial charge in [-0.05, 0) is 14.0 Å². The molecule has 3 N–H and O–H groups in total. The van der Waals surface area contributed by atoms with Crippen LogP contribution < -0.4 is 20.1 Å². The zero-order valence-corrected chi connectivity index (χ0v) is 12.0. The molecule has 0 aromatic carbocycles. The predicted molar refractivity (Wildman–Crippen MR) is 74.1 cm³/mol. The van der Waals surface area contributed by atoms with Gasteiger partial charge in [-0.2, -0.15) is 0 Å². The van der Waals surface area contributed by atoms with Crippen molar-refractivity contribution in [1.29, 1.82) is 0 Å². The van der Waals surface area contributed by atoms with Gasteiger partial charge in [-0.15, -0.1) is 0 Å². The second kappa shape index (κ2) is 7.10. The highest BCUT2D eigenvalue weighted by Gasteiger charge is 2.12. The van der Waals surface area contributed by atoms with Crippen LogP contribution in [0.4, 0.5) is 11.6 Å². The van der Waals surface area contributed by atoms with Crippen LogP contribution in [0, 0.1) is 0 Å². The molecule has 0 fully saturated rings. The molecule has 0 aliphatic carbocycles. The number of aromatic nitrogens is 2. The first-order valence-corrected chi connectivity index (χ1v) is 7.47. The van der Waals surface area contributed by atoms with Crippen molar-refractivity contribution in [2.45, 2.75) is 6.92 Å². The largest absolute Gasteiger partial charge is 0.490 e. The summed E-state index contributed by atoms with van der Waals surface area (Å²) in [5, 5.41) is 5.96. The van der Waals surface area contributed by atoms with Crippen molar-refractivity contribution in [2.24, 2.45) is 0 Å². The molecule has 0 spiro atoms. The predicted octanol–water partition coefficient (Wildman–Crippen LogP) is -0.122. The topological polar surface area (TPSA) is 105 Å². The third-order valence-electron chi connectivity index (χ3n) is 2.33. The van der Waals surface area contributed by atoms with Crippen LogP contribution >= 0.6 is 0 Å². The lowest BCUT2D eigenvalue weighted by Gasteiger charge is -2.13. The second-order valence-electron chi connectivity index (χ2n) is 3.58. The Balaban J connectivity index is 2.75. The van der Waals surface area contributed by atoms with Crippen LogP contribution in [0.3, 0.4) is 0 Å². The molecule has 0 amide bonds. The molecule has 8 nitrogen and oxygen atoms in total. The summed E-state index contributed by atoms with van der Waals surface area (Å²) in [7, 11) is -0.354. The van der Waals surface area contributed by atoms with Crippen LogP contribution in [0.2, 0.25) is 0 Å². The minimum atomic E-state index is -3.24. The lowest BCUT2D eigenvalue weighted by Crippen LogP contribution is -2.26. The molecular formula is C10H19N5O3S. The third-order valence-corrected chi connectivity index (χ3v) is 3.69. The number of ether oxygens (including phenoxy) is 1. The number of hydrogen-bond donors (Lipinski definition) is 3. The van der Waals surface area contributed by atoms with Gasteiger partial charge in [0.1, 0.15) is 6.33 Å². The van der Waals surface area contributed by atoms with Gasteiger partial charge in [-0.25, -0.2) is 23.1 Å². The summed E-state index contributed by atoms with van der Waals surface area (Å²) in [5.41, 5.74) is 0.